The Balaban J connectivity index is 1.42. The summed E-state index contributed by atoms with van der Waals surface area (Å²) in [5, 5.41) is 4.23. The molecule has 2 N–H and O–H groups in total. The summed E-state index contributed by atoms with van der Waals surface area (Å²) in [4.78, 5) is 26.7. The fraction of sp³-hybridized carbons (Fsp3) is 0.435. The number of fused-ring (bicyclic) bond motifs is 1. The molecular formula is C23H26FN7O2. The molecule has 33 heavy (non-hydrogen) atoms. The van der Waals surface area contributed by atoms with E-state index in [4.69, 9.17) is 15.5 Å². The van der Waals surface area contributed by atoms with Crippen LogP contribution in [0.15, 0.2) is 43.0 Å². The van der Waals surface area contributed by atoms with Crippen molar-refractivity contribution in [3.8, 4) is 11.3 Å². The van der Waals surface area contributed by atoms with Gasteiger partial charge in [0, 0.05) is 37.8 Å². The van der Waals surface area contributed by atoms with E-state index in [0.717, 1.165) is 37.4 Å². The normalized spacial score (nSPS) is 24.1. The van der Waals surface area contributed by atoms with Crippen molar-refractivity contribution in [1.82, 2.24) is 24.7 Å². The van der Waals surface area contributed by atoms with Gasteiger partial charge in [0.1, 0.15) is 23.8 Å². The first-order valence-corrected chi connectivity index (χ1v) is 11.1. The molecule has 2 fully saturated rings. The highest BCUT2D eigenvalue weighted by atomic mass is 19.1. The zero-order chi connectivity index (χ0) is 22.9. The smallest absolute Gasteiger partial charge is 0.404 e. The number of aryl methyl sites for hydroxylation is 1. The van der Waals surface area contributed by atoms with Crippen LogP contribution in [0.25, 0.3) is 11.3 Å². The lowest BCUT2D eigenvalue weighted by Crippen LogP contribution is -2.36. The maximum atomic E-state index is 13.7. The van der Waals surface area contributed by atoms with Crippen LogP contribution >= 0.6 is 0 Å². The molecule has 0 radical (unpaired) electrons. The second-order valence-corrected chi connectivity index (χ2v) is 8.89. The molecule has 0 spiro atoms. The van der Waals surface area contributed by atoms with Crippen molar-refractivity contribution < 1.29 is 13.9 Å². The Hall–Kier alpha value is -3.56. The highest BCUT2D eigenvalue weighted by Gasteiger charge is 2.48. The molecule has 4 heterocycles. The van der Waals surface area contributed by atoms with Gasteiger partial charge in [-0.3, -0.25) is 9.67 Å². The molecule has 1 amide bonds. The standard InChI is InChI=1S/C23H26FN7O2/c1-30-22(27-13-28-30)8-20-18-6-14(12-33-23(25)32)5-16(18)11-31(20)21-4-2-3-19(29-21)15-7-17(24)10-26-9-15/h2-4,7,9-10,13-14,16,18,20H,5-6,8,11-12H2,1H3,(H2,25,32)/t14-,16-,18-,20?/m0/s1. The van der Waals surface area contributed by atoms with Crippen LogP contribution < -0.4 is 10.6 Å². The monoisotopic (exact) mass is 451 g/mol. The third kappa shape index (κ3) is 4.37. The third-order valence-electron chi connectivity index (χ3n) is 6.86. The number of ether oxygens (including phenoxy) is 1. The van der Waals surface area contributed by atoms with Gasteiger partial charge in [0.15, 0.2) is 0 Å². The van der Waals surface area contributed by atoms with E-state index in [-0.39, 0.29) is 11.9 Å². The SMILES string of the molecule is Cn1ncnc1CC1[C@H]2C[C@@H](COC(N)=O)C[C@H]2CN1c1cccc(-c2cncc(F)c2)n1. The van der Waals surface area contributed by atoms with Crippen LogP contribution in [-0.2, 0) is 18.2 Å². The first-order chi connectivity index (χ1) is 16.0. The minimum absolute atomic E-state index is 0.171. The Labute approximate surface area is 190 Å². The van der Waals surface area contributed by atoms with Gasteiger partial charge in [-0.15, -0.1) is 0 Å². The minimum atomic E-state index is -0.725. The Morgan fingerprint density at radius 1 is 1.30 bits per heavy atom. The van der Waals surface area contributed by atoms with Crippen LogP contribution in [-0.4, -0.2) is 50.0 Å². The van der Waals surface area contributed by atoms with Crippen molar-refractivity contribution in [2.75, 3.05) is 18.1 Å². The molecule has 5 rings (SSSR count). The number of nitrogens with zero attached hydrogens (tertiary/aromatic N) is 6. The quantitative estimate of drug-likeness (QED) is 0.613. The molecule has 9 nitrogen and oxygen atoms in total. The number of hydrogen-bond acceptors (Lipinski definition) is 7. The average molecular weight is 452 g/mol. The zero-order valence-corrected chi connectivity index (χ0v) is 18.3. The lowest BCUT2D eigenvalue weighted by Gasteiger charge is -2.29. The molecule has 3 aromatic rings. The highest BCUT2D eigenvalue weighted by Crippen LogP contribution is 2.47. The predicted molar refractivity (Wildman–Crippen MR) is 119 cm³/mol. The van der Waals surface area contributed by atoms with Gasteiger partial charge in [0.2, 0.25) is 0 Å². The summed E-state index contributed by atoms with van der Waals surface area (Å²) < 4.78 is 20.6. The largest absolute Gasteiger partial charge is 0.449 e. The van der Waals surface area contributed by atoms with Crippen molar-refractivity contribution in [1.29, 1.82) is 0 Å². The number of carbonyl (C=O) groups is 1. The molecule has 4 atom stereocenters. The van der Waals surface area contributed by atoms with Gasteiger partial charge < -0.3 is 15.4 Å². The number of primary amides is 1. The lowest BCUT2D eigenvalue weighted by atomic mass is 9.91. The van der Waals surface area contributed by atoms with E-state index in [1.54, 1.807) is 17.2 Å². The number of anilines is 1. The minimum Gasteiger partial charge on any atom is -0.449 e. The fourth-order valence-corrected chi connectivity index (χ4v) is 5.43. The summed E-state index contributed by atoms with van der Waals surface area (Å²) in [6.45, 7) is 1.21. The summed E-state index contributed by atoms with van der Waals surface area (Å²) >= 11 is 0. The summed E-state index contributed by atoms with van der Waals surface area (Å²) in [5.41, 5.74) is 6.49. The van der Waals surface area contributed by atoms with E-state index >= 15 is 0 Å². The number of halogens is 1. The average Bonchev–Trinajstić information content (AvgIpc) is 3.48. The Bertz CT molecular complexity index is 1150. The second-order valence-electron chi connectivity index (χ2n) is 8.89. The van der Waals surface area contributed by atoms with Crippen LogP contribution in [0.3, 0.4) is 0 Å². The summed E-state index contributed by atoms with van der Waals surface area (Å²) in [7, 11) is 1.90. The molecule has 10 heteroatoms. The van der Waals surface area contributed by atoms with E-state index in [1.165, 1.54) is 12.3 Å². The van der Waals surface area contributed by atoms with Crippen molar-refractivity contribution >= 4 is 11.9 Å². The number of aromatic nitrogens is 5. The van der Waals surface area contributed by atoms with Gasteiger partial charge in [-0.2, -0.15) is 5.10 Å². The predicted octanol–water partition coefficient (Wildman–Crippen LogP) is 2.58. The first-order valence-electron chi connectivity index (χ1n) is 11.1. The van der Waals surface area contributed by atoms with Gasteiger partial charge in [-0.05, 0) is 48.8 Å². The maximum Gasteiger partial charge on any atom is 0.404 e. The molecule has 1 aliphatic carbocycles. The molecule has 0 aromatic carbocycles. The summed E-state index contributed by atoms with van der Waals surface area (Å²) in [6.07, 6.45) is 6.30. The molecule has 3 aromatic heterocycles. The zero-order valence-electron chi connectivity index (χ0n) is 18.3. The van der Waals surface area contributed by atoms with Crippen molar-refractivity contribution in [2.45, 2.75) is 25.3 Å². The summed E-state index contributed by atoms with van der Waals surface area (Å²) in [5.74, 6) is 2.53. The van der Waals surface area contributed by atoms with E-state index < -0.39 is 6.09 Å². The summed E-state index contributed by atoms with van der Waals surface area (Å²) in [6, 6.07) is 7.42. The third-order valence-corrected chi connectivity index (χ3v) is 6.86. The molecule has 1 unspecified atom stereocenters. The molecule has 1 saturated heterocycles. The molecule has 1 saturated carbocycles. The maximum absolute atomic E-state index is 13.7. The Kier molecular flexibility index (Phi) is 5.65. The molecule has 2 aliphatic rings. The van der Waals surface area contributed by atoms with E-state index in [2.05, 4.69) is 20.0 Å². The lowest BCUT2D eigenvalue weighted by molar-refractivity contribution is 0.135. The van der Waals surface area contributed by atoms with Crippen molar-refractivity contribution in [2.24, 2.45) is 30.5 Å². The van der Waals surface area contributed by atoms with Crippen LogP contribution in [0.4, 0.5) is 15.0 Å². The highest BCUT2D eigenvalue weighted by molar-refractivity contribution is 5.64. The molecular weight excluding hydrogens is 425 g/mol. The topological polar surface area (TPSA) is 112 Å². The van der Waals surface area contributed by atoms with Crippen LogP contribution in [0, 0.1) is 23.6 Å². The van der Waals surface area contributed by atoms with Gasteiger partial charge in [-0.1, -0.05) is 6.07 Å². The van der Waals surface area contributed by atoms with Gasteiger partial charge in [0.05, 0.1) is 18.5 Å². The van der Waals surface area contributed by atoms with Gasteiger partial charge in [0.25, 0.3) is 0 Å². The van der Waals surface area contributed by atoms with Gasteiger partial charge in [-0.25, -0.2) is 19.2 Å². The fourth-order valence-electron chi connectivity index (χ4n) is 5.43. The Morgan fingerprint density at radius 2 is 2.18 bits per heavy atom. The molecule has 1 aliphatic heterocycles. The number of hydrogen-bond donors (Lipinski definition) is 1. The van der Waals surface area contributed by atoms with E-state index in [1.807, 2.05) is 25.2 Å². The number of carbonyl (C=O) groups excluding carboxylic acids is 1. The molecule has 0 bridgehead atoms. The van der Waals surface area contributed by atoms with E-state index in [9.17, 15) is 9.18 Å². The Morgan fingerprint density at radius 3 is 2.94 bits per heavy atom. The van der Waals surface area contributed by atoms with Crippen LogP contribution in [0.2, 0.25) is 0 Å². The number of rotatable bonds is 6. The van der Waals surface area contributed by atoms with Gasteiger partial charge >= 0.3 is 6.09 Å². The number of amides is 1. The van der Waals surface area contributed by atoms with Crippen LogP contribution in [0.5, 0.6) is 0 Å². The number of pyridine rings is 2. The van der Waals surface area contributed by atoms with Crippen molar-refractivity contribution in [3.05, 3.63) is 54.6 Å². The first kappa shape index (κ1) is 21.3. The number of nitrogens with two attached hydrogens (primary N) is 1. The van der Waals surface area contributed by atoms with Crippen molar-refractivity contribution in [3.63, 3.8) is 0 Å². The van der Waals surface area contributed by atoms with E-state index in [0.29, 0.717) is 35.6 Å². The molecule has 172 valence electrons. The second kappa shape index (κ2) is 8.76. The van der Waals surface area contributed by atoms with Crippen LogP contribution in [0.1, 0.15) is 18.7 Å².